The maximum Gasteiger partial charge on any atom is 0.264 e. The van der Waals surface area contributed by atoms with Crippen LogP contribution >= 0.6 is 11.3 Å². The highest BCUT2D eigenvalue weighted by Crippen LogP contribution is 2.30. The lowest BCUT2D eigenvalue weighted by Gasteiger charge is -2.18. The van der Waals surface area contributed by atoms with Crippen molar-refractivity contribution in [2.24, 2.45) is 0 Å². The van der Waals surface area contributed by atoms with Gasteiger partial charge < -0.3 is 9.80 Å². The average Bonchev–Trinajstić information content (AvgIpc) is 3.14. The monoisotopic (exact) mass is 329 g/mol. The highest BCUT2D eigenvalue weighted by Gasteiger charge is 2.30. The molecule has 0 aliphatic carbocycles. The Kier molecular flexibility index (Phi) is 4.39. The van der Waals surface area contributed by atoms with Crippen molar-refractivity contribution in [3.8, 4) is 0 Å². The summed E-state index contributed by atoms with van der Waals surface area (Å²) in [6, 6.07) is 6.26. The van der Waals surface area contributed by atoms with Gasteiger partial charge in [-0.25, -0.2) is 0 Å². The van der Waals surface area contributed by atoms with Crippen molar-refractivity contribution in [3.05, 3.63) is 45.4 Å². The first-order chi connectivity index (χ1) is 11.0. The number of thiophene rings is 1. The summed E-state index contributed by atoms with van der Waals surface area (Å²) in [6.45, 7) is 5.61. The van der Waals surface area contributed by atoms with Crippen LogP contribution in [0.3, 0.4) is 0 Å². The van der Waals surface area contributed by atoms with E-state index in [0.717, 1.165) is 41.3 Å². The van der Waals surface area contributed by atoms with Crippen molar-refractivity contribution >= 4 is 22.9 Å². The van der Waals surface area contributed by atoms with E-state index in [1.807, 2.05) is 44.3 Å². The maximum atomic E-state index is 12.7. The summed E-state index contributed by atoms with van der Waals surface area (Å²) in [7, 11) is 4.09. The van der Waals surface area contributed by atoms with E-state index in [0.29, 0.717) is 5.92 Å². The van der Waals surface area contributed by atoms with Crippen molar-refractivity contribution in [2.75, 3.05) is 32.1 Å². The van der Waals surface area contributed by atoms with E-state index in [-0.39, 0.29) is 5.91 Å². The molecule has 1 fully saturated rings. The third kappa shape index (κ3) is 3.24. The number of hydrogen-bond acceptors (Lipinski definition) is 4. The lowest BCUT2D eigenvalue weighted by atomic mass is 10.0. The molecule has 0 radical (unpaired) electrons. The van der Waals surface area contributed by atoms with Crippen molar-refractivity contribution in [1.82, 2.24) is 9.88 Å². The van der Waals surface area contributed by atoms with E-state index in [9.17, 15) is 4.79 Å². The first kappa shape index (κ1) is 16.0. The van der Waals surface area contributed by atoms with Crippen LogP contribution in [0.5, 0.6) is 0 Å². The van der Waals surface area contributed by atoms with Gasteiger partial charge in [-0.15, -0.1) is 11.3 Å². The Balaban J connectivity index is 1.78. The Morgan fingerprint density at radius 1 is 1.35 bits per heavy atom. The first-order valence-corrected chi connectivity index (χ1v) is 8.83. The number of carbonyl (C=O) groups is 1. The number of amides is 1. The first-order valence-electron chi connectivity index (χ1n) is 7.95. The van der Waals surface area contributed by atoms with Crippen LogP contribution in [0.1, 0.15) is 39.0 Å². The van der Waals surface area contributed by atoms with Gasteiger partial charge >= 0.3 is 0 Å². The largest absolute Gasteiger partial charge is 0.378 e. The minimum Gasteiger partial charge on any atom is -0.378 e. The SMILES string of the molecule is Cc1cc(N(C)C)cc([C@H]2CCN(C(=O)c3sccc3C)C2)n1. The predicted octanol–water partition coefficient (Wildman–Crippen LogP) is 3.46. The molecule has 0 spiro atoms. The highest BCUT2D eigenvalue weighted by atomic mass is 32.1. The van der Waals surface area contributed by atoms with E-state index in [1.165, 1.54) is 17.0 Å². The van der Waals surface area contributed by atoms with Gasteiger partial charge in [-0.3, -0.25) is 9.78 Å². The van der Waals surface area contributed by atoms with Crippen molar-refractivity contribution in [2.45, 2.75) is 26.2 Å². The molecule has 1 saturated heterocycles. The predicted molar refractivity (Wildman–Crippen MR) is 95.6 cm³/mol. The van der Waals surface area contributed by atoms with Crippen LogP contribution in [0, 0.1) is 13.8 Å². The molecule has 4 nitrogen and oxygen atoms in total. The third-order valence-corrected chi connectivity index (χ3v) is 5.43. The molecule has 23 heavy (non-hydrogen) atoms. The number of anilines is 1. The summed E-state index contributed by atoms with van der Waals surface area (Å²) in [5, 5.41) is 1.99. The Labute approximate surface area is 141 Å². The molecule has 1 atom stereocenters. The number of pyridine rings is 1. The van der Waals surface area contributed by atoms with Crippen LogP contribution in [0.4, 0.5) is 5.69 Å². The zero-order chi connectivity index (χ0) is 16.6. The van der Waals surface area contributed by atoms with Gasteiger partial charge in [0.05, 0.1) is 4.88 Å². The third-order valence-electron chi connectivity index (χ3n) is 4.42. The molecular weight excluding hydrogens is 306 g/mol. The molecule has 1 aliphatic rings. The van der Waals surface area contributed by atoms with Gasteiger partial charge in [0.1, 0.15) is 0 Å². The van der Waals surface area contributed by atoms with Crippen LogP contribution in [-0.2, 0) is 0 Å². The number of likely N-dealkylation sites (tertiary alicyclic amines) is 1. The van der Waals surface area contributed by atoms with E-state index >= 15 is 0 Å². The van der Waals surface area contributed by atoms with Crippen LogP contribution in [0.25, 0.3) is 0 Å². The van der Waals surface area contributed by atoms with Crippen molar-refractivity contribution < 1.29 is 4.79 Å². The summed E-state index contributed by atoms with van der Waals surface area (Å²) in [5.41, 5.74) is 4.38. The standard InChI is InChI=1S/C18H23N3OS/c1-12-6-8-23-17(12)18(22)21-7-5-14(11-21)16-10-15(20(3)4)9-13(2)19-16/h6,8-10,14H,5,7,11H2,1-4H3/t14-/m0/s1. The van der Waals surface area contributed by atoms with Gasteiger partial charge in [0.25, 0.3) is 5.91 Å². The molecule has 3 rings (SSSR count). The Bertz CT molecular complexity index is 723. The molecule has 0 aromatic carbocycles. The lowest BCUT2D eigenvalue weighted by molar-refractivity contribution is 0.0795. The molecule has 0 unspecified atom stereocenters. The summed E-state index contributed by atoms with van der Waals surface area (Å²) in [5.74, 6) is 0.498. The molecule has 2 aromatic rings. The zero-order valence-electron chi connectivity index (χ0n) is 14.2. The van der Waals surface area contributed by atoms with Gasteiger partial charge in [-0.1, -0.05) is 0 Å². The maximum absolute atomic E-state index is 12.7. The molecule has 3 heterocycles. The summed E-state index contributed by atoms with van der Waals surface area (Å²) in [6.07, 6.45) is 0.986. The number of hydrogen-bond donors (Lipinski definition) is 0. The zero-order valence-corrected chi connectivity index (χ0v) is 15.0. The van der Waals surface area contributed by atoms with E-state index < -0.39 is 0 Å². The number of aromatic nitrogens is 1. The van der Waals surface area contributed by atoms with Crippen LogP contribution < -0.4 is 4.90 Å². The molecule has 0 N–H and O–H groups in total. The molecule has 5 heteroatoms. The van der Waals surface area contributed by atoms with E-state index in [4.69, 9.17) is 4.98 Å². The smallest absolute Gasteiger partial charge is 0.264 e. The van der Waals surface area contributed by atoms with Gasteiger partial charge in [0.2, 0.25) is 0 Å². The number of carbonyl (C=O) groups excluding carboxylic acids is 1. The fourth-order valence-corrected chi connectivity index (χ4v) is 3.96. The molecule has 1 aliphatic heterocycles. The average molecular weight is 329 g/mol. The van der Waals surface area contributed by atoms with Crippen molar-refractivity contribution in [1.29, 1.82) is 0 Å². The minimum atomic E-state index is 0.167. The quantitative estimate of drug-likeness (QED) is 0.865. The molecular formula is C18H23N3OS. The summed E-state index contributed by atoms with van der Waals surface area (Å²) in [4.78, 5) is 22.3. The number of nitrogens with zero attached hydrogens (tertiary/aromatic N) is 3. The van der Waals surface area contributed by atoms with E-state index in [2.05, 4.69) is 17.0 Å². The Hall–Kier alpha value is -1.88. The topological polar surface area (TPSA) is 36.4 Å². The molecule has 122 valence electrons. The van der Waals surface area contributed by atoms with Gasteiger partial charge in [-0.2, -0.15) is 0 Å². The fraction of sp³-hybridized carbons (Fsp3) is 0.444. The molecule has 1 amide bonds. The van der Waals surface area contributed by atoms with Crippen LogP contribution in [0.15, 0.2) is 23.6 Å². The van der Waals surface area contributed by atoms with Crippen LogP contribution in [0.2, 0.25) is 0 Å². The summed E-state index contributed by atoms with van der Waals surface area (Å²) < 4.78 is 0. The Morgan fingerprint density at radius 2 is 2.13 bits per heavy atom. The minimum absolute atomic E-state index is 0.167. The number of aryl methyl sites for hydroxylation is 2. The van der Waals surface area contributed by atoms with Gasteiger partial charge in [-0.05, 0) is 49.4 Å². The second-order valence-electron chi connectivity index (χ2n) is 6.46. The molecule has 2 aromatic heterocycles. The highest BCUT2D eigenvalue weighted by molar-refractivity contribution is 7.12. The Morgan fingerprint density at radius 3 is 2.78 bits per heavy atom. The van der Waals surface area contributed by atoms with Gasteiger partial charge in [0.15, 0.2) is 0 Å². The fourth-order valence-electron chi connectivity index (χ4n) is 3.06. The second kappa shape index (κ2) is 6.32. The molecule has 0 bridgehead atoms. The second-order valence-corrected chi connectivity index (χ2v) is 7.37. The molecule has 0 saturated carbocycles. The van der Waals surface area contributed by atoms with Gasteiger partial charge in [0, 0.05) is 50.2 Å². The lowest BCUT2D eigenvalue weighted by Crippen LogP contribution is -2.28. The summed E-state index contributed by atoms with van der Waals surface area (Å²) >= 11 is 1.54. The van der Waals surface area contributed by atoms with E-state index in [1.54, 1.807) is 0 Å². The van der Waals surface area contributed by atoms with Crippen molar-refractivity contribution in [3.63, 3.8) is 0 Å². The van der Waals surface area contributed by atoms with Crippen LogP contribution in [-0.4, -0.2) is 43.0 Å². The normalized spacial score (nSPS) is 17.6. The number of rotatable bonds is 3.